The van der Waals surface area contributed by atoms with Crippen LogP contribution in [0, 0.1) is 29.1 Å². The molecule has 0 radical (unpaired) electrons. The normalized spacial score (nSPS) is 24.4. The van der Waals surface area contributed by atoms with Crippen LogP contribution in [-0.4, -0.2) is 135 Å². The molecule has 3 aromatic rings. The molecule has 0 unspecified atom stereocenters. The molecule has 1 N–H and O–H groups in total. The van der Waals surface area contributed by atoms with Gasteiger partial charge in [0.2, 0.25) is 34.8 Å². The zero-order chi connectivity index (χ0) is 54.3. The topological polar surface area (TPSA) is 259 Å². The number of carbonyl (C=O) groups excluding carboxylic acids is 8. The minimum Gasteiger partial charge on any atom is -0.463 e. The number of rotatable bonds is 17. The van der Waals surface area contributed by atoms with Gasteiger partial charge in [0.15, 0.2) is 49.1 Å². The fraction of sp³-hybridized carbons (Fsp3) is 0.458. The minimum atomic E-state index is -2.59. The van der Waals surface area contributed by atoms with Crippen LogP contribution >= 0.6 is 0 Å². The number of halogens is 5. The predicted molar refractivity (Wildman–Crippen MR) is 232 cm³/mol. The maximum absolute atomic E-state index is 14.9. The van der Waals surface area contributed by atoms with Crippen molar-refractivity contribution in [3.05, 3.63) is 88.7 Å². The summed E-state index contributed by atoms with van der Waals surface area (Å²) in [5.41, 5.74) is 3.18. The number of nitrogens with one attached hydrogen (secondary N) is 1. The van der Waals surface area contributed by atoms with Crippen LogP contribution in [0.3, 0.4) is 0 Å². The van der Waals surface area contributed by atoms with E-state index in [0.717, 1.165) is 63.8 Å². The highest BCUT2D eigenvalue weighted by Gasteiger charge is 2.57. The molecule has 0 saturated carbocycles. The lowest BCUT2D eigenvalue weighted by Crippen LogP contribution is -2.66. The first-order valence-corrected chi connectivity index (χ1v) is 22.4. The van der Waals surface area contributed by atoms with Crippen molar-refractivity contribution in [2.45, 2.75) is 122 Å². The maximum atomic E-state index is 14.9. The van der Waals surface area contributed by atoms with Crippen molar-refractivity contribution >= 4 is 47.9 Å². The number of hydrogen-bond acceptors (Lipinski definition) is 20. The molecule has 2 aliphatic heterocycles. The van der Waals surface area contributed by atoms with E-state index in [9.17, 15) is 60.3 Å². The lowest BCUT2D eigenvalue weighted by molar-refractivity contribution is -0.358. The predicted octanol–water partition coefficient (Wildman–Crippen LogP) is 4.29. The van der Waals surface area contributed by atoms with Gasteiger partial charge in [-0.05, 0) is 29.2 Å². The lowest BCUT2D eigenvalue weighted by atomic mass is 9.96. The molecule has 2 heterocycles. The van der Waals surface area contributed by atoms with E-state index in [2.05, 4.69) is 10.1 Å². The van der Waals surface area contributed by atoms with Gasteiger partial charge < -0.3 is 62.2 Å². The molecule has 1 amide bonds. The van der Waals surface area contributed by atoms with Gasteiger partial charge in [-0.1, -0.05) is 48.5 Å². The van der Waals surface area contributed by atoms with Crippen molar-refractivity contribution in [3.8, 4) is 16.9 Å². The summed E-state index contributed by atoms with van der Waals surface area (Å²) in [6, 6.07) is 12.0. The Morgan fingerprint density at radius 1 is 0.541 bits per heavy atom. The minimum absolute atomic E-state index is 0.377. The highest BCUT2D eigenvalue weighted by atomic mass is 19.2. The zero-order valence-electron chi connectivity index (χ0n) is 40.2. The molecule has 26 heteroatoms. The molecule has 2 saturated heterocycles. The smallest absolute Gasteiger partial charge is 0.407 e. The van der Waals surface area contributed by atoms with Crippen LogP contribution in [0.25, 0.3) is 11.1 Å². The Kier molecular flexibility index (Phi) is 18.3. The molecule has 3 aliphatic rings. The van der Waals surface area contributed by atoms with E-state index >= 15 is 0 Å². The summed E-state index contributed by atoms with van der Waals surface area (Å²) >= 11 is 0. The molecule has 11 atom stereocenters. The van der Waals surface area contributed by atoms with Crippen LogP contribution in [0.1, 0.15) is 65.5 Å². The first-order chi connectivity index (χ1) is 35.0. The number of fused-ring (bicyclic) bond motifs is 3. The van der Waals surface area contributed by atoms with Gasteiger partial charge in [0, 0.05) is 47.5 Å². The first-order valence-electron chi connectivity index (χ1n) is 22.4. The van der Waals surface area contributed by atoms with Gasteiger partial charge >= 0.3 is 47.9 Å². The standard InChI is InChI=1S/C48H48F5NO20/c1-19-38(67-21(3)56)41(68-22(4)57)44(71-25(7)60)47(66-19)74-39-32(18-63-20(2)55)72-46(43(70-24(6)59)42(39)69-23(5)58)64-17-31(45(61)73-40-36(52)34(50)33(49)35(51)37(40)53)54-48(62)65-16-30-28-14-10-8-12-26(28)27-13-9-11-15-29(27)30/h8-15,19,30-32,38-39,41-44,46-47H,16-18H2,1-7H3,(H,54,62)/t19-,31+,32-,38+,39+,41+,42+,43-,44-,46-,47-/m1/s1. The number of esters is 7. The molecular weight excluding hydrogens is 1010 g/mol. The van der Waals surface area contributed by atoms with E-state index in [4.69, 9.17) is 52.1 Å². The van der Waals surface area contributed by atoms with Gasteiger partial charge in [-0.25, -0.2) is 22.8 Å². The number of carbonyl (C=O) groups is 8. The second-order valence-corrected chi connectivity index (χ2v) is 16.7. The summed E-state index contributed by atoms with van der Waals surface area (Å²) in [5.74, 6) is -23.2. The van der Waals surface area contributed by atoms with E-state index in [1.165, 1.54) is 6.92 Å². The number of amides is 1. The van der Waals surface area contributed by atoms with Crippen LogP contribution < -0.4 is 10.1 Å². The largest absolute Gasteiger partial charge is 0.463 e. The van der Waals surface area contributed by atoms with Crippen LogP contribution in [-0.2, 0) is 85.7 Å². The molecule has 400 valence electrons. The van der Waals surface area contributed by atoms with E-state index in [1.807, 2.05) is 12.1 Å². The van der Waals surface area contributed by atoms with Crippen LogP contribution in [0.15, 0.2) is 48.5 Å². The molecule has 21 nitrogen and oxygen atoms in total. The van der Waals surface area contributed by atoms with Gasteiger partial charge in [0.25, 0.3) is 0 Å². The summed E-state index contributed by atoms with van der Waals surface area (Å²) in [4.78, 5) is 102. The van der Waals surface area contributed by atoms with E-state index in [-0.39, 0.29) is 6.61 Å². The first kappa shape index (κ1) is 56.0. The van der Waals surface area contributed by atoms with Gasteiger partial charge in [-0.3, -0.25) is 28.8 Å². The number of hydrogen-bond donors (Lipinski definition) is 1. The fourth-order valence-corrected chi connectivity index (χ4v) is 8.38. The average molecular weight is 1050 g/mol. The Bertz CT molecular complexity index is 2580. The quantitative estimate of drug-likeness (QED) is 0.0494. The average Bonchev–Trinajstić information content (AvgIpc) is 3.65. The second-order valence-electron chi connectivity index (χ2n) is 16.7. The molecule has 0 spiro atoms. The third kappa shape index (κ3) is 13.1. The Morgan fingerprint density at radius 2 is 1.00 bits per heavy atom. The third-order valence-electron chi connectivity index (χ3n) is 11.3. The molecule has 0 aromatic heterocycles. The van der Waals surface area contributed by atoms with Crippen molar-refractivity contribution in [3.63, 3.8) is 0 Å². The SMILES string of the molecule is CC(=O)OC[C@H]1O[C@@H](OC[C@H](NC(=O)OCC2c3ccccc3-c3ccccc32)C(=O)Oc2c(F)c(F)c(F)c(F)c2F)[C@H](OC(C)=O)[C@@H](OC(C)=O)[C@H]1O[C@H]1O[C@H](C)[C@H](OC(C)=O)[C@H](OC(C)=O)[C@H]1OC(C)=O. The van der Waals surface area contributed by atoms with Crippen molar-refractivity contribution < 1.29 is 117 Å². The number of ether oxygens (including phenoxy) is 12. The maximum Gasteiger partial charge on any atom is 0.407 e. The zero-order valence-corrected chi connectivity index (χ0v) is 40.2. The molecule has 74 heavy (non-hydrogen) atoms. The van der Waals surface area contributed by atoms with Gasteiger partial charge in [0.05, 0.1) is 12.7 Å². The molecule has 6 rings (SSSR count). The van der Waals surface area contributed by atoms with Crippen LogP contribution in [0.2, 0.25) is 0 Å². The summed E-state index contributed by atoms with van der Waals surface area (Å²) in [6.07, 6.45) is -19.1. The summed E-state index contributed by atoms with van der Waals surface area (Å²) in [5, 5.41) is 2.06. The summed E-state index contributed by atoms with van der Waals surface area (Å²) < 4.78 is 139. The summed E-state index contributed by atoms with van der Waals surface area (Å²) in [7, 11) is 0. The molecule has 2 fully saturated rings. The highest BCUT2D eigenvalue weighted by molar-refractivity contribution is 5.83. The summed E-state index contributed by atoms with van der Waals surface area (Å²) in [6.45, 7) is 4.64. The Balaban J connectivity index is 1.34. The highest BCUT2D eigenvalue weighted by Crippen LogP contribution is 2.45. The van der Waals surface area contributed by atoms with Crippen molar-refractivity contribution in [2.75, 3.05) is 19.8 Å². The van der Waals surface area contributed by atoms with Crippen molar-refractivity contribution in [2.24, 2.45) is 0 Å². The Morgan fingerprint density at radius 3 is 1.51 bits per heavy atom. The van der Waals surface area contributed by atoms with E-state index in [0.29, 0.717) is 0 Å². The lowest BCUT2D eigenvalue weighted by Gasteiger charge is -2.48. The van der Waals surface area contributed by atoms with Gasteiger partial charge in [-0.15, -0.1) is 0 Å². The monoisotopic (exact) mass is 1050 g/mol. The molecule has 1 aliphatic carbocycles. The van der Waals surface area contributed by atoms with Gasteiger partial charge in [0.1, 0.15) is 25.4 Å². The number of alkyl carbamates (subject to hydrolysis) is 1. The van der Waals surface area contributed by atoms with Crippen molar-refractivity contribution in [1.82, 2.24) is 5.32 Å². The van der Waals surface area contributed by atoms with Crippen LogP contribution in [0.5, 0.6) is 5.75 Å². The van der Waals surface area contributed by atoms with Crippen molar-refractivity contribution in [1.29, 1.82) is 0 Å². The van der Waals surface area contributed by atoms with Gasteiger partial charge in [-0.2, -0.15) is 8.78 Å². The van der Waals surface area contributed by atoms with E-state index in [1.54, 1.807) is 36.4 Å². The Hall–Kier alpha value is -7.29. The molecular formula is C48H48F5NO20. The third-order valence-corrected chi connectivity index (χ3v) is 11.3. The Labute approximate surface area is 417 Å². The fourth-order valence-electron chi connectivity index (χ4n) is 8.38. The second kappa shape index (κ2) is 24.2. The molecule has 0 bridgehead atoms. The van der Waals surface area contributed by atoms with Crippen LogP contribution in [0.4, 0.5) is 26.7 Å². The van der Waals surface area contributed by atoms with E-state index < -0.39 is 169 Å². The number of benzene rings is 3. The molecule has 3 aromatic carbocycles.